The number of carbonyl (C=O) groups excluding carboxylic acids is 1. The molecule has 1 aliphatic rings. The van der Waals surface area contributed by atoms with Crippen molar-refractivity contribution in [2.24, 2.45) is 0 Å². The molecule has 21 heavy (non-hydrogen) atoms. The minimum absolute atomic E-state index is 0.159. The van der Waals surface area contributed by atoms with Crippen molar-refractivity contribution >= 4 is 19.5 Å². The van der Waals surface area contributed by atoms with Crippen LogP contribution in [0.15, 0.2) is 18.1 Å². The zero-order valence-corrected chi connectivity index (χ0v) is 12.4. The fourth-order valence-corrected chi connectivity index (χ4v) is 1.97. The molecule has 0 N–H and O–H groups in total. The molecule has 1 saturated heterocycles. The number of hydrogen-bond donors (Lipinski definition) is 0. The van der Waals surface area contributed by atoms with Crippen LogP contribution in [0.2, 0.25) is 0 Å². The van der Waals surface area contributed by atoms with Crippen molar-refractivity contribution in [3.63, 3.8) is 0 Å². The number of hydrogen-bond acceptors (Lipinski definition) is 3. The second kappa shape index (κ2) is 5.35. The first kappa shape index (κ1) is 15.9. The maximum atomic E-state index is 13.5. The van der Waals surface area contributed by atoms with Crippen LogP contribution in [0.25, 0.3) is 6.08 Å². The Morgan fingerprint density at radius 1 is 1.05 bits per heavy atom. The van der Waals surface area contributed by atoms with E-state index in [0.717, 1.165) is 12.1 Å². The Labute approximate surface area is 123 Å². The van der Waals surface area contributed by atoms with Gasteiger partial charge in [0.25, 0.3) is 0 Å². The van der Waals surface area contributed by atoms with Crippen molar-refractivity contribution in [2.45, 2.75) is 38.9 Å². The molecular formula is C15H17BF2O3. The third-order valence-corrected chi connectivity index (χ3v) is 3.94. The quantitative estimate of drug-likeness (QED) is 0.633. The average molecular weight is 294 g/mol. The van der Waals surface area contributed by atoms with Crippen molar-refractivity contribution in [2.75, 3.05) is 0 Å². The lowest BCUT2D eigenvalue weighted by Gasteiger charge is -2.32. The van der Waals surface area contributed by atoms with E-state index in [4.69, 9.17) is 9.31 Å². The van der Waals surface area contributed by atoms with E-state index in [-0.39, 0.29) is 6.29 Å². The molecule has 0 amide bonds. The lowest BCUT2D eigenvalue weighted by molar-refractivity contribution is 0.00578. The normalized spacial score (nSPS) is 20.2. The topological polar surface area (TPSA) is 35.5 Å². The minimum atomic E-state index is -0.890. The zero-order chi connectivity index (χ0) is 15.8. The van der Waals surface area contributed by atoms with Gasteiger partial charge in [-0.25, -0.2) is 8.78 Å². The molecular weight excluding hydrogens is 277 g/mol. The molecule has 3 nitrogen and oxygen atoms in total. The van der Waals surface area contributed by atoms with Crippen LogP contribution < -0.4 is 0 Å². The van der Waals surface area contributed by atoms with Gasteiger partial charge in [0.05, 0.1) is 16.8 Å². The second-order valence-corrected chi connectivity index (χ2v) is 6.00. The van der Waals surface area contributed by atoms with Gasteiger partial charge in [0.2, 0.25) is 0 Å². The lowest BCUT2D eigenvalue weighted by atomic mass is 9.89. The molecule has 0 radical (unpaired) electrons. The molecule has 0 spiro atoms. The van der Waals surface area contributed by atoms with E-state index in [2.05, 4.69) is 0 Å². The van der Waals surface area contributed by atoms with Gasteiger partial charge in [0, 0.05) is 0 Å². The summed E-state index contributed by atoms with van der Waals surface area (Å²) in [7, 11) is -0.591. The van der Waals surface area contributed by atoms with Crippen LogP contribution in [-0.2, 0) is 9.31 Å². The fourth-order valence-electron chi connectivity index (χ4n) is 1.97. The number of benzene rings is 1. The third kappa shape index (κ3) is 3.06. The molecule has 0 unspecified atom stereocenters. The predicted molar refractivity (Wildman–Crippen MR) is 76.9 cm³/mol. The van der Waals surface area contributed by atoms with E-state index >= 15 is 0 Å². The van der Waals surface area contributed by atoms with Crippen molar-refractivity contribution in [1.82, 2.24) is 0 Å². The minimum Gasteiger partial charge on any atom is -0.400 e. The molecule has 0 aromatic heterocycles. The number of rotatable bonds is 3. The van der Waals surface area contributed by atoms with Crippen molar-refractivity contribution in [3.05, 3.63) is 40.9 Å². The van der Waals surface area contributed by atoms with E-state index in [1.807, 2.05) is 27.7 Å². The molecule has 1 fully saturated rings. The summed E-state index contributed by atoms with van der Waals surface area (Å²) in [4.78, 5) is 10.5. The van der Waals surface area contributed by atoms with Gasteiger partial charge in [-0.1, -0.05) is 12.1 Å². The molecule has 0 bridgehead atoms. The molecule has 1 heterocycles. The zero-order valence-electron chi connectivity index (χ0n) is 12.4. The summed E-state index contributed by atoms with van der Waals surface area (Å²) in [5.41, 5.74) is -1.21. The van der Waals surface area contributed by atoms with Crippen molar-refractivity contribution < 1.29 is 22.9 Å². The summed E-state index contributed by atoms with van der Waals surface area (Å²) in [5, 5.41) is 0. The van der Waals surface area contributed by atoms with Crippen LogP contribution in [-0.4, -0.2) is 24.6 Å². The molecule has 0 saturated carbocycles. The highest BCUT2D eigenvalue weighted by Crippen LogP contribution is 2.37. The first-order valence-electron chi connectivity index (χ1n) is 6.64. The first-order valence-corrected chi connectivity index (χ1v) is 6.64. The first-order chi connectivity index (χ1) is 9.66. The SMILES string of the molecule is CC1(C)OB(/C=C/c2cc(F)c(C=O)c(F)c2)OC1(C)C. The van der Waals surface area contributed by atoms with E-state index in [1.54, 1.807) is 5.98 Å². The number of aldehydes is 1. The van der Waals surface area contributed by atoms with Gasteiger partial charge >= 0.3 is 7.12 Å². The van der Waals surface area contributed by atoms with E-state index in [1.165, 1.54) is 6.08 Å². The van der Waals surface area contributed by atoms with Gasteiger partial charge in [0.15, 0.2) is 6.29 Å². The summed E-state index contributed by atoms with van der Waals surface area (Å²) in [5.74, 6) is -0.192. The Bertz CT molecular complexity index is 558. The highest BCUT2D eigenvalue weighted by atomic mass is 19.1. The highest BCUT2D eigenvalue weighted by Gasteiger charge is 2.49. The van der Waals surface area contributed by atoms with Gasteiger partial charge in [-0.05, 0) is 45.4 Å². The van der Waals surface area contributed by atoms with E-state index in [0.29, 0.717) is 5.56 Å². The van der Waals surface area contributed by atoms with Crippen molar-refractivity contribution in [1.29, 1.82) is 0 Å². The van der Waals surface area contributed by atoms with Crippen LogP contribution in [0.5, 0.6) is 0 Å². The molecule has 6 heteroatoms. The summed E-state index contributed by atoms with van der Waals surface area (Å²) in [6.07, 6.45) is 1.66. The molecule has 1 aromatic rings. The van der Waals surface area contributed by atoms with Crippen LogP contribution in [0, 0.1) is 11.6 Å². The Morgan fingerprint density at radius 2 is 1.52 bits per heavy atom. The Morgan fingerprint density at radius 3 is 1.95 bits per heavy atom. The van der Waals surface area contributed by atoms with E-state index in [9.17, 15) is 13.6 Å². The standard InChI is InChI=1S/C15H17BF2O3/c1-14(2)15(3,4)21-16(20-14)6-5-10-7-12(17)11(9-19)13(18)8-10/h5-9H,1-4H3/b6-5+. The highest BCUT2D eigenvalue weighted by molar-refractivity contribution is 6.52. The Kier molecular flexibility index (Phi) is 4.04. The average Bonchev–Trinajstić information content (AvgIpc) is 2.55. The summed E-state index contributed by atoms with van der Waals surface area (Å²) in [6.45, 7) is 7.66. The summed E-state index contributed by atoms with van der Waals surface area (Å²) in [6, 6.07) is 2.18. The van der Waals surface area contributed by atoms with Gasteiger partial charge in [0.1, 0.15) is 11.6 Å². The molecule has 1 aliphatic heterocycles. The maximum absolute atomic E-state index is 13.5. The van der Waals surface area contributed by atoms with E-state index < -0.39 is 35.5 Å². The molecule has 0 atom stereocenters. The van der Waals surface area contributed by atoms with Crippen LogP contribution in [0.4, 0.5) is 8.78 Å². The number of halogens is 2. The second-order valence-electron chi connectivity index (χ2n) is 6.00. The largest absolute Gasteiger partial charge is 0.487 e. The number of carbonyl (C=O) groups is 1. The van der Waals surface area contributed by atoms with Crippen molar-refractivity contribution in [3.8, 4) is 0 Å². The molecule has 0 aliphatic carbocycles. The Balaban J connectivity index is 2.18. The fraction of sp³-hybridized carbons (Fsp3) is 0.400. The lowest BCUT2D eigenvalue weighted by Crippen LogP contribution is -2.41. The third-order valence-electron chi connectivity index (χ3n) is 3.94. The van der Waals surface area contributed by atoms with Gasteiger partial charge in [-0.2, -0.15) is 0 Å². The van der Waals surface area contributed by atoms with Crippen LogP contribution in [0.1, 0.15) is 43.6 Å². The van der Waals surface area contributed by atoms with Crippen LogP contribution in [0.3, 0.4) is 0 Å². The Hall–Kier alpha value is -1.53. The van der Waals surface area contributed by atoms with Gasteiger partial charge < -0.3 is 9.31 Å². The maximum Gasteiger partial charge on any atom is 0.487 e. The molecule has 2 rings (SSSR count). The summed E-state index contributed by atoms with van der Waals surface area (Å²) >= 11 is 0. The van der Waals surface area contributed by atoms with Gasteiger partial charge in [-0.3, -0.25) is 4.79 Å². The van der Waals surface area contributed by atoms with Gasteiger partial charge in [-0.15, -0.1) is 0 Å². The summed E-state index contributed by atoms with van der Waals surface area (Å²) < 4.78 is 38.5. The molecule has 1 aromatic carbocycles. The smallest absolute Gasteiger partial charge is 0.400 e. The monoisotopic (exact) mass is 294 g/mol. The van der Waals surface area contributed by atoms with Crippen LogP contribution >= 0.6 is 0 Å². The molecule has 112 valence electrons. The predicted octanol–water partition coefficient (Wildman–Crippen LogP) is 3.42.